The molecule has 3 aromatic rings. The number of rotatable bonds is 9. The fraction of sp³-hybridized carbons (Fsp3) is 0.259. The number of ketones is 1. The Morgan fingerprint density at radius 1 is 1.14 bits per heavy atom. The molecule has 0 aliphatic heterocycles. The van der Waals surface area contributed by atoms with Crippen molar-refractivity contribution in [2.75, 3.05) is 12.4 Å². The van der Waals surface area contributed by atoms with Crippen LogP contribution in [-0.2, 0) is 4.79 Å². The predicted molar refractivity (Wildman–Crippen MR) is 135 cm³/mol. The lowest BCUT2D eigenvalue weighted by atomic mass is 9.97. The highest BCUT2D eigenvalue weighted by molar-refractivity contribution is 6.31. The van der Waals surface area contributed by atoms with E-state index in [1.165, 1.54) is 30.9 Å². The fourth-order valence-corrected chi connectivity index (χ4v) is 4.25. The predicted octanol–water partition coefficient (Wildman–Crippen LogP) is 5.17. The Kier molecular flexibility index (Phi) is 7.17. The lowest BCUT2D eigenvalue weighted by molar-refractivity contribution is -0.119. The molecule has 8 heteroatoms. The van der Waals surface area contributed by atoms with Gasteiger partial charge in [0.1, 0.15) is 18.1 Å². The summed E-state index contributed by atoms with van der Waals surface area (Å²) in [5.74, 6) is 0.200. The Bertz CT molecular complexity index is 1340. The molecule has 7 nitrogen and oxygen atoms in total. The second kappa shape index (κ2) is 10.3. The molecule has 1 unspecified atom stereocenters. The van der Waals surface area contributed by atoms with E-state index in [9.17, 15) is 19.2 Å². The van der Waals surface area contributed by atoms with Crippen LogP contribution in [0.1, 0.15) is 52.9 Å². The number of aldehydes is 1. The molecule has 1 aromatic heterocycles. The van der Waals surface area contributed by atoms with Gasteiger partial charge in [-0.25, -0.2) is 0 Å². The second-order valence-corrected chi connectivity index (χ2v) is 9.11. The molecule has 35 heavy (non-hydrogen) atoms. The lowest BCUT2D eigenvalue weighted by Crippen LogP contribution is -2.33. The van der Waals surface area contributed by atoms with Crippen LogP contribution in [-0.4, -0.2) is 29.7 Å². The van der Waals surface area contributed by atoms with Gasteiger partial charge in [0.05, 0.1) is 13.3 Å². The number of methoxy groups -OCH3 is 1. The molecule has 0 saturated heterocycles. The van der Waals surface area contributed by atoms with Crippen molar-refractivity contribution >= 4 is 35.3 Å². The summed E-state index contributed by atoms with van der Waals surface area (Å²) in [4.78, 5) is 49.7. The van der Waals surface area contributed by atoms with Crippen LogP contribution in [0.3, 0.4) is 0 Å². The van der Waals surface area contributed by atoms with Crippen LogP contribution in [0.25, 0.3) is 11.1 Å². The summed E-state index contributed by atoms with van der Waals surface area (Å²) in [5.41, 5.74) is 1.97. The highest BCUT2D eigenvalue weighted by Crippen LogP contribution is 2.38. The van der Waals surface area contributed by atoms with Crippen molar-refractivity contribution < 1.29 is 19.1 Å². The minimum Gasteiger partial charge on any atom is -0.495 e. The van der Waals surface area contributed by atoms with Gasteiger partial charge in [-0.1, -0.05) is 24.4 Å². The summed E-state index contributed by atoms with van der Waals surface area (Å²) >= 11 is 6.18. The number of pyridine rings is 1. The first-order valence-electron chi connectivity index (χ1n) is 11.3. The first-order valence-corrected chi connectivity index (χ1v) is 11.7. The van der Waals surface area contributed by atoms with E-state index in [1.54, 1.807) is 42.5 Å². The van der Waals surface area contributed by atoms with Crippen molar-refractivity contribution in [3.8, 4) is 16.9 Å². The van der Waals surface area contributed by atoms with Gasteiger partial charge < -0.3 is 10.1 Å². The molecule has 1 aliphatic rings. The molecule has 1 atom stereocenters. The van der Waals surface area contributed by atoms with E-state index in [0.717, 1.165) is 19.1 Å². The van der Waals surface area contributed by atoms with Crippen molar-refractivity contribution in [2.45, 2.75) is 32.2 Å². The molecule has 0 radical (unpaired) electrons. The summed E-state index contributed by atoms with van der Waals surface area (Å²) in [7, 11) is 1.47. The average Bonchev–Trinajstić information content (AvgIpc) is 3.67. The second-order valence-electron chi connectivity index (χ2n) is 8.67. The molecule has 1 fully saturated rings. The third kappa shape index (κ3) is 5.52. The molecule has 4 rings (SSSR count). The van der Waals surface area contributed by atoms with Crippen LogP contribution < -0.4 is 15.6 Å². The number of Topliss-reactive ketones (excluding diaryl/α,β-unsaturated/α-hetero) is 1. The zero-order valence-corrected chi connectivity index (χ0v) is 20.2. The number of nitrogens with one attached hydrogen (secondary N) is 1. The standard InChI is InChI=1S/C27H25ClN2O5/c1-16(32)21-10-7-19(28)12-22(21)23-13-26(33)30(14-25(23)35-2)24(11-17-3-4-17)27(34)29-20-8-5-18(15-31)6-9-20/h5-10,12-15,17,24H,3-4,11H2,1-2H3,(H,29,34). The van der Waals surface area contributed by atoms with Gasteiger partial charge in [0.15, 0.2) is 5.78 Å². The van der Waals surface area contributed by atoms with Crippen molar-refractivity contribution in [1.82, 2.24) is 4.57 Å². The topological polar surface area (TPSA) is 94.5 Å². The van der Waals surface area contributed by atoms with Gasteiger partial charge in [0.2, 0.25) is 5.91 Å². The fourth-order valence-electron chi connectivity index (χ4n) is 4.08. The van der Waals surface area contributed by atoms with Gasteiger partial charge in [-0.15, -0.1) is 0 Å². The Morgan fingerprint density at radius 2 is 1.86 bits per heavy atom. The summed E-state index contributed by atoms with van der Waals surface area (Å²) in [6.45, 7) is 1.44. The molecule has 180 valence electrons. The lowest BCUT2D eigenvalue weighted by Gasteiger charge is -2.21. The number of carbonyl (C=O) groups excluding carboxylic acids is 3. The van der Waals surface area contributed by atoms with Crippen molar-refractivity contribution in [1.29, 1.82) is 0 Å². The van der Waals surface area contributed by atoms with Gasteiger partial charge >= 0.3 is 0 Å². The Balaban J connectivity index is 1.74. The number of anilines is 1. The number of halogens is 1. The number of amides is 1. The van der Waals surface area contributed by atoms with E-state index in [4.69, 9.17) is 16.3 Å². The maximum absolute atomic E-state index is 13.3. The highest BCUT2D eigenvalue weighted by Gasteiger charge is 2.32. The van der Waals surface area contributed by atoms with Gasteiger partial charge in [0.25, 0.3) is 5.56 Å². The molecule has 1 amide bonds. The first-order chi connectivity index (χ1) is 16.8. The molecule has 1 aliphatic carbocycles. The largest absolute Gasteiger partial charge is 0.495 e. The van der Waals surface area contributed by atoms with Crippen LogP contribution in [0, 0.1) is 5.92 Å². The third-order valence-corrected chi connectivity index (χ3v) is 6.36. The maximum atomic E-state index is 13.3. The van der Waals surface area contributed by atoms with Crippen LogP contribution in [0.5, 0.6) is 5.75 Å². The Hall–Kier alpha value is -3.71. The zero-order valence-electron chi connectivity index (χ0n) is 19.4. The normalized spacial score (nSPS) is 13.7. The molecule has 1 saturated carbocycles. The molecular formula is C27H25ClN2O5. The highest BCUT2D eigenvalue weighted by atomic mass is 35.5. The smallest absolute Gasteiger partial charge is 0.252 e. The van der Waals surface area contributed by atoms with Crippen LogP contribution >= 0.6 is 11.6 Å². The SMILES string of the molecule is COc1cn(C(CC2CC2)C(=O)Nc2ccc(C=O)cc2)c(=O)cc1-c1cc(Cl)ccc1C(C)=O. The average molecular weight is 493 g/mol. The van der Waals surface area contributed by atoms with Crippen molar-refractivity contribution in [3.05, 3.63) is 81.2 Å². The van der Waals surface area contributed by atoms with Crippen LogP contribution in [0.4, 0.5) is 5.69 Å². The number of hydrogen-bond acceptors (Lipinski definition) is 5. The summed E-state index contributed by atoms with van der Waals surface area (Å²) in [6, 6.07) is 12.0. The number of aromatic nitrogens is 1. The Labute approximate surface area is 207 Å². The number of nitrogens with zero attached hydrogens (tertiary/aromatic N) is 1. The number of ether oxygens (including phenoxy) is 1. The van der Waals surface area contributed by atoms with E-state index in [1.807, 2.05) is 0 Å². The van der Waals surface area contributed by atoms with Crippen LogP contribution in [0.2, 0.25) is 5.02 Å². The minimum atomic E-state index is -0.754. The van der Waals surface area contributed by atoms with E-state index < -0.39 is 11.6 Å². The summed E-state index contributed by atoms with van der Waals surface area (Å²) < 4.78 is 6.97. The summed E-state index contributed by atoms with van der Waals surface area (Å²) in [6.07, 6.45) is 4.77. The molecule has 2 aromatic carbocycles. The van der Waals surface area contributed by atoms with Crippen molar-refractivity contribution in [2.24, 2.45) is 5.92 Å². The van der Waals surface area contributed by atoms with E-state index in [2.05, 4.69) is 5.32 Å². The number of carbonyl (C=O) groups is 3. The van der Waals surface area contributed by atoms with Crippen molar-refractivity contribution in [3.63, 3.8) is 0 Å². The quantitative estimate of drug-likeness (QED) is 0.328. The molecule has 1 heterocycles. The maximum Gasteiger partial charge on any atom is 0.252 e. The van der Waals surface area contributed by atoms with Gasteiger partial charge in [-0.3, -0.25) is 23.7 Å². The van der Waals surface area contributed by atoms with Crippen LogP contribution in [0.15, 0.2) is 59.5 Å². The number of hydrogen-bond donors (Lipinski definition) is 1. The van der Waals surface area contributed by atoms with E-state index >= 15 is 0 Å². The zero-order chi connectivity index (χ0) is 25.1. The first kappa shape index (κ1) is 24.4. The van der Waals surface area contributed by atoms with Gasteiger partial charge in [-0.2, -0.15) is 0 Å². The monoisotopic (exact) mass is 492 g/mol. The van der Waals surface area contributed by atoms with Gasteiger partial charge in [0, 0.05) is 33.5 Å². The third-order valence-electron chi connectivity index (χ3n) is 6.12. The Morgan fingerprint density at radius 3 is 2.46 bits per heavy atom. The molecule has 0 bridgehead atoms. The summed E-state index contributed by atoms with van der Waals surface area (Å²) in [5, 5.41) is 3.27. The van der Waals surface area contributed by atoms with E-state index in [-0.39, 0.29) is 11.7 Å². The minimum absolute atomic E-state index is 0.172. The molecule has 1 N–H and O–H groups in total. The van der Waals surface area contributed by atoms with Gasteiger partial charge in [-0.05, 0) is 67.3 Å². The van der Waals surface area contributed by atoms with E-state index in [0.29, 0.717) is 51.1 Å². The number of benzene rings is 2. The molecule has 0 spiro atoms. The molecular weight excluding hydrogens is 468 g/mol.